The van der Waals surface area contributed by atoms with Gasteiger partial charge in [-0.15, -0.1) is 0 Å². The van der Waals surface area contributed by atoms with Crippen molar-refractivity contribution in [2.75, 3.05) is 25.6 Å². The summed E-state index contributed by atoms with van der Waals surface area (Å²) in [6.45, 7) is 2.09. The van der Waals surface area contributed by atoms with Crippen molar-refractivity contribution < 1.29 is 9.47 Å². The molecule has 5 heteroatoms. The van der Waals surface area contributed by atoms with Crippen LogP contribution in [-0.2, 0) is 4.74 Å². The summed E-state index contributed by atoms with van der Waals surface area (Å²) in [5.74, 6) is 0.808. The van der Waals surface area contributed by atoms with E-state index < -0.39 is 0 Å². The molecule has 5 nitrogen and oxygen atoms in total. The predicted octanol–water partition coefficient (Wildman–Crippen LogP) is 0.951. The molecule has 84 valence electrons. The molecule has 0 aliphatic carbocycles. The summed E-state index contributed by atoms with van der Waals surface area (Å²) in [7, 11) is 0. The highest BCUT2D eigenvalue weighted by Crippen LogP contribution is 2.20. The minimum atomic E-state index is 0.394. The zero-order valence-electron chi connectivity index (χ0n) is 8.85. The first-order valence-electron chi connectivity index (χ1n) is 5.16. The predicted molar refractivity (Wildman–Crippen MR) is 57.8 cm³/mol. The normalized spacial score (nSPS) is 19.3. The highest BCUT2D eigenvalue weighted by molar-refractivity contribution is 5.51. The van der Waals surface area contributed by atoms with Gasteiger partial charge in [0.1, 0.15) is 6.07 Å². The first-order chi connectivity index (χ1) is 7.79. The summed E-state index contributed by atoms with van der Waals surface area (Å²) >= 11 is 0. The van der Waals surface area contributed by atoms with Crippen LogP contribution in [0.4, 0.5) is 5.69 Å². The van der Waals surface area contributed by atoms with Crippen molar-refractivity contribution in [3.63, 3.8) is 0 Å². The average molecular weight is 219 g/mol. The van der Waals surface area contributed by atoms with E-state index in [1.54, 1.807) is 6.07 Å². The van der Waals surface area contributed by atoms with Crippen LogP contribution in [0.2, 0.25) is 0 Å². The largest absolute Gasteiger partial charge is 0.476 e. The lowest BCUT2D eigenvalue weighted by Gasteiger charge is -2.10. The summed E-state index contributed by atoms with van der Waals surface area (Å²) in [6, 6.07) is 3.54. The van der Waals surface area contributed by atoms with Crippen molar-refractivity contribution in [2.45, 2.75) is 6.42 Å². The fraction of sp³-hybridized carbons (Fsp3) is 0.455. The molecular weight excluding hydrogens is 206 g/mol. The maximum absolute atomic E-state index is 8.65. The lowest BCUT2D eigenvalue weighted by molar-refractivity contribution is 0.166. The topological polar surface area (TPSA) is 81.2 Å². The van der Waals surface area contributed by atoms with Gasteiger partial charge in [-0.1, -0.05) is 0 Å². The minimum Gasteiger partial charge on any atom is -0.476 e. The Morgan fingerprint density at radius 2 is 2.56 bits per heavy atom. The van der Waals surface area contributed by atoms with Gasteiger partial charge in [0.15, 0.2) is 0 Å². The van der Waals surface area contributed by atoms with Gasteiger partial charge in [0.2, 0.25) is 5.88 Å². The molecule has 2 rings (SSSR count). The maximum atomic E-state index is 8.65. The lowest BCUT2D eigenvalue weighted by Crippen LogP contribution is -2.13. The van der Waals surface area contributed by atoms with Crippen LogP contribution < -0.4 is 10.5 Å². The third-order valence-corrected chi connectivity index (χ3v) is 2.49. The molecule has 1 atom stereocenters. The highest BCUT2D eigenvalue weighted by Gasteiger charge is 2.17. The Morgan fingerprint density at radius 1 is 1.69 bits per heavy atom. The summed E-state index contributed by atoms with van der Waals surface area (Å²) < 4.78 is 10.7. The molecule has 1 aromatic heterocycles. The fourth-order valence-corrected chi connectivity index (χ4v) is 1.56. The Bertz CT molecular complexity index is 408. The average Bonchev–Trinajstić information content (AvgIpc) is 2.80. The number of nitrogens with two attached hydrogens (primary N) is 1. The fourth-order valence-electron chi connectivity index (χ4n) is 1.56. The van der Waals surface area contributed by atoms with Crippen molar-refractivity contribution in [1.29, 1.82) is 5.26 Å². The van der Waals surface area contributed by atoms with Gasteiger partial charge in [0.25, 0.3) is 0 Å². The van der Waals surface area contributed by atoms with Crippen LogP contribution in [-0.4, -0.2) is 24.8 Å². The summed E-state index contributed by atoms with van der Waals surface area (Å²) in [4.78, 5) is 4.00. The molecule has 1 saturated heterocycles. The van der Waals surface area contributed by atoms with E-state index in [2.05, 4.69) is 4.98 Å². The van der Waals surface area contributed by atoms with E-state index in [9.17, 15) is 0 Å². The maximum Gasteiger partial charge on any atom is 0.237 e. The molecule has 1 unspecified atom stereocenters. The Morgan fingerprint density at radius 3 is 3.19 bits per heavy atom. The third kappa shape index (κ3) is 2.41. The van der Waals surface area contributed by atoms with Gasteiger partial charge in [-0.25, -0.2) is 4.98 Å². The van der Waals surface area contributed by atoms with E-state index in [0.717, 1.165) is 19.6 Å². The standard InChI is InChI=1S/C11H13N3O2/c12-4-9-3-10(13)11(14-5-9)16-7-8-1-2-15-6-8/h3,5,8H,1-2,6-7,13H2. The van der Waals surface area contributed by atoms with E-state index in [-0.39, 0.29) is 0 Å². The molecule has 2 heterocycles. The van der Waals surface area contributed by atoms with Crippen LogP contribution in [0.5, 0.6) is 5.88 Å². The van der Waals surface area contributed by atoms with Gasteiger partial charge in [0, 0.05) is 18.7 Å². The van der Waals surface area contributed by atoms with Crippen LogP contribution in [0.15, 0.2) is 12.3 Å². The number of hydrogen-bond donors (Lipinski definition) is 1. The lowest BCUT2D eigenvalue weighted by atomic mass is 10.1. The van der Waals surface area contributed by atoms with Crippen LogP contribution >= 0.6 is 0 Å². The SMILES string of the molecule is N#Cc1cnc(OCC2CCOC2)c(N)c1. The second-order valence-electron chi connectivity index (χ2n) is 3.77. The molecule has 2 N–H and O–H groups in total. The number of rotatable bonds is 3. The number of hydrogen-bond acceptors (Lipinski definition) is 5. The van der Waals surface area contributed by atoms with E-state index >= 15 is 0 Å². The van der Waals surface area contributed by atoms with E-state index in [1.807, 2.05) is 6.07 Å². The molecule has 1 aliphatic rings. The van der Waals surface area contributed by atoms with Crippen LogP contribution in [0.3, 0.4) is 0 Å². The zero-order valence-corrected chi connectivity index (χ0v) is 8.85. The molecular formula is C11H13N3O2. The summed E-state index contributed by atoms with van der Waals surface area (Å²) in [6.07, 6.45) is 2.47. The highest BCUT2D eigenvalue weighted by atomic mass is 16.5. The molecule has 0 spiro atoms. The smallest absolute Gasteiger partial charge is 0.237 e. The van der Waals surface area contributed by atoms with Gasteiger partial charge >= 0.3 is 0 Å². The number of nitriles is 1. The molecule has 1 aromatic rings. The van der Waals surface area contributed by atoms with E-state index in [0.29, 0.717) is 29.7 Å². The van der Waals surface area contributed by atoms with Gasteiger partial charge in [0.05, 0.1) is 24.5 Å². The number of aromatic nitrogens is 1. The second kappa shape index (κ2) is 4.81. The molecule has 0 bridgehead atoms. The number of nitrogen functional groups attached to an aromatic ring is 1. The van der Waals surface area contributed by atoms with Crippen molar-refractivity contribution in [2.24, 2.45) is 5.92 Å². The Balaban J connectivity index is 1.96. The number of anilines is 1. The van der Waals surface area contributed by atoms with Gasteiger partial charge in [-0.05, 0) is 12.5 Å². The minimum absolute atomic E-state index is 0.394. The van der Waals surface area contributed by atoms with Crippen molar-refractivity contribution >= 4 is 5.69 Å². The molecule has 1 aliphatic heterocycles. The first-order valence-corrected chi connectivity index (χ1v) is 5.16. The third-order valence-electron chi connectivity index (χ3n) is 2.49. The first kappa shape index (κ1) is 10.7. The Labute approximate surface area is 93.8 Å². The number of pyridine rings is 1. The van der Waals surface area contributed by atoms with Gasteiger partial charge < -0.3 is 15.2 Å². The van der Waals surface area contributed by atoms with Crippen LogP contribution in [0.1, 0.15) is 12.0 Å². The monoisotopic (exact) mass is 219 g/mol. The summed E-state index contributed by atoms with van der Waals surface area (Å²) in [5, 5.41) is 8.65. The van der Waals surface area contributed by atoms with Gasteiger partial charge in [-0.2, -0.15) is 5.26 Å². The number of ether oxygens (including phenoxy) is 2. The number of nitrogens with zero attached hydrogens (tertiary/aromatic N) is 2. The van der Waals surface area contributed by atoms with Crippen molar-refractivity contribution in [3.8, 4) is 11.9 Å². The van der Waals surface area contributed by atoms with Crippen LogP contribution in [0, 0.1) is 17.2 Å². The molecule has 0 radical (unpaired) electrons. The van der Waals surface area contributed by atoms with E-state index in [4.69, 9.17) is 20.5 Å². The molecule has 0 amide bonds. The van der Waals surface area contributed by atoms with Crippen LogP contribution in [0.25, 0.3) is 0 Å². The molecule has 0 aromatic carbocycles. The van der Waals surface area contributed by atoms with Crippen molar-refractivity contribution in [3.05, 3.63) is 17.8 Å². The van der Waals surface area contributed by atoms with Crippen molar-refractivity contribution in [1.82, 2.24) is 4.98 Å². The quantitative estimate of drug-likeness (QED) is 0.818. The molecule has 0 saturated carbocycles. The van der Waals surface area contributed by atoms with E-state index in [1.165, 1.54) is 6.20 Å². The summed E-state index contributed by atoms with van der Waals surface area (Å²) in [5.41, 5.74) is 6.55. The second-order valence-corrected chi connectivity index (χ2v) is 3.77. The Kier molecular flexibility index (Phi) is 3.22. The molecule has 1 fully saturated rings. The molecule has 16 heavy (non-hydrogen) atoms. The van der Waals surface area contributed by atoms with Gasteiger partial charge in [-0.3, -0.25) is 0 Å². The Hall–Kier alpha value is -1.80. The zero-order chi connectivity index (χ0) is 11.4.